The third-order valence-electron chi connectivity index (χ3n) is 4.42. The van der Waals surface area contributed by atoms with Crippen LogP contribution in [0.1, 0.15) is 27.3 Å². The van der Waals surface area contributed by atoms with Gasteiger partial charge >= 0.3 is 5.97 Å². The molecule has 4 aromatic rings. The molecule has 0 saturated heterocycles. The van der Waals surface area contributed by atoms with Crippen LogP contribution in [0.4, 0.5) is 0 Å². The van der Waals surface area contributed by atoms with Crippen LogP contribution >= 0.6 is 0 Å². The van der Waals surface area contributed by atoms with E-state index in [4.69, 9.17) is 5.11 Å². The average Bonchev–Trinajstić information content (AvgIpc) is 3.24. The highest BCUT2D eigenvalue weighted by molar-refractivity contribution is 5.87. The monoisotopic (exact) mass is 384 g/mol. The summed E-state index contributed by atoms with van der Waals surface area (Å²) < 4.78 is 1.50. The predicted molar refractivity (Wildman–Crippen MR) is 108 cm³/mol. The number of carboxylic acid groups (broad SMARTS) is 1. The van der Waals surface area contributed by atoms with Crippen LogP contribution in [-0.4, -0.2) is 30.6 Å². The Morgan fingerprint density at radius 2 is 1.97 bits per heavy atom. The third kappa shape index (κ3) is 4.06. The lowest BCUT2D eigenvalue weighted by molar-refractivity contribution is 0.0697. The molecule has 0 atom stereocenters. The van der Waals surface area contributed by atoms with Gasteiger partial charge in [-0.2, -0.15) is 0 Å². The number of aromatic carboxylic acids is 1. The van der Waals surface area contributed by atoms with Crippen molar-refractivity contribution in [1.82, 2.24) is 19.5 Å². The fourth-order valence-electron chi connectivity index (χ4n) is 2.92. The van der Waals surface area contributed by atoms with Crippen molar-refractivity contribution in [3.63, 3.8) is 0 Å². The van der Waals surface area contributed by atoms with Crippen molar-refractivity contribution in [2.45, 2.75) is 13.0 Å². The summed E-state index contributed by atoms with van der Waals surface area (Å²) in [5, 5.41) is 9.47. The van der Waals surface area contributed by atoms with Gasteiger partial charge in [0.15, 0.2) is 0 Å². The second-order valence-electron chi connectivity index (χ2n) is 6.43. The Morgan fingerprint density at radius 1 is 1.14 bits per heavy atom. The van der Waals surface area contributed by atoms with Crippen molar-refractivity contribution in [2.75, 3.05) is 0 Å². The molecular weight excluding hydrogens is 368 g/mol. The number of nitrogens with zero attached hydrogens (tertiary/aromatic N) is 3. The molecule has 0 spiro atoms. The van der Waals surface area contributed by atoms with Crippen molar-refractivity contribution < 1.29 is 9.90 Å². The minimum absolute atomic E-state index is 0.174. The lowest BCUT2D eigenvalue weighted by Gasteiger charge is -2.07. The molecule has 7 heteroatoms. The van der Waals surface area contributed by atoms with Crippen molar-refractivity contribution in [3.8, 4) is 11.8 Å². The molecule has 0 fully saturated rings. The van der Waals surface area contributed by atoms with E-state index in [-0.39, 0.29) is 11.1 Å². The molecule has 2 aromatic heterocycles. The summed E-state index contributed by atoms with van der Waals surface area (Å²) in [7, 11) is 0. The van der Waals surface area contributed by atoms with E-state index in [9.17, 15) is 9.59 Å². The van der Waals surface area contributed by atoms with Crippen LogP contribution in [-0.2, 0) is 13.0 Å². The maximum absolute atomic E-state index is 12.9. The standard InChI is InChI=1S/C22H16N4O3/c27-21-18-12-15(2-1-3-20-23-10-11-24-20)6-9-19(18)25-14-26(21)13-16-4-7-17(8-5-16)22(28)29/h4-12,14H,3,13H2,(H,23,24)(H,28,29). The summed E-state index contributed by atoms with van der Waals surface area (Å²) in [5.74, 6) is 5.89. The van der Waals surface area contributed by atoms with Crippen molar-refractivity contribution in [2.24, 2.45) is 0 Å². The molecular formula is C22H16N4O3. The molecule has 0 saturated carbocycles. The zero-order valence-electron chi connectivity index (χ0n) is 15.3. The fraction of sp³-hybridized carbons (Fsp3) is 0.0909. The molecule has 0 aliphatic carbocycles. The Hall–Kier alpha value is -4.18. The van der Waals surface area contributed by atoms with E-state index < -0.39 is 5.97 Å². The number of hydrogen-bond donors (Lipinski definition) is 2. The second-order valence-corrected chi connectivity index (χ2v) is 6.43. The molecule has 0 unspecified atom stereocenters. The number of benzene rings is 2. The van der Waals surface area contributed by atoms with Crippen LogP contribution in [0.5, 0.6) is 0 Å². The molecule has 2 N–H and O–H groups in total. The molecule has 0 bridgehead atoms. The smallest absolute Gasteiger partial charge is 0.335 e. The average molecular weight is 384 g/mol. The van der Waals surface area contributed by atoms with Crippen LogP contribution in [0, 0.1) is 11.8 Å². The summed E-state index contributed by atoms with van der Waals surface area (Å²) >= 11 is 0. The van der Waals surface area contributed by atoms with Gasteiger partial charge in [0.05, 0.1) is 35.8 Å². The minimum Gasteiger partial charge on any atom is -0.478 e. The molecule has 4 rings (SSSR count). The molecule has 2 heterocycles. The summed E-state index contributed by atoms with van der Waals surface area (Å²) in [4.78, 5) is 35.3. The van der Waals surface area contributed by atoms with E-state index >= 15 is 0 Å². The van der Waals surface area contributed by atoms with Gasteiger partial charge in [-0.1, -0.05) is 24.0 Å². The van der Waals surface area contributed by atoms with Gasteiger partial charge in [0.1, 0.15) is 5.82 Å². The first-order chi connectivity index (χ1) is 14.1. The van der Waals surface area contributed by atoms with Crippen LogP contribution in [0.2, 0.25) is 0 Å². The number of aromatic amines is 1. The molecule has 0 aliphatic heterocycles. The van der Waals surface area contributed by atoms with Gasteiger partial charge in [-0.25, -0.2) is 14.8 Å². The van der Waals surface area contributed by atoms with E-state index in [0.717, 1.165) is 17.0 Å². The van der Waals surface area contributed by atoms with E-state index in [0.29, 0.717) is 23.9 Å². The van der Waals surface area contributed by atoms with Crippen molar-refractivity contribution in [1.29, 1.82) is 0 Å². The number of rotatable bonds is 4. The zero-order chi connectivity index (χ0) is 20.2. The largest absolute Gasteiger partial charge is 0.478 e. The third-order valence-corrected chi connectivity index (χ3v) is 4.42. The number of nitrogens with one attached hydrogen (secondary N) is 1. The van der Waals surface area contributed by atoms with Gasteiger partial charge < -0.3 is 10.1 Å². The van der Waals surface area contributed by atoms with E-state index in [1.807, 2.05) is 6.07 Å². The summed E-state index contributed by atoms with van der Waals surface area (Å²) in [6, 6.07) is 11.8. The first-order valence-corrected chi connectivity index (χ1v) is 8.89. The lowest BCUT2D eigenvalue weighted by atomic mass is 10.1. The predicted octanol–water partition coefficient (Wildman–Crippen LogP) is 2.46. The van der Waals surface area contributed by atoms with Crippen LogP contribution in [0.3, 0.4) is 0 Å². The minimum atomic E-state index is -0.984. The number of aromatic nitrogens is 4. The molecule has 142 valence electrons. The van der Waals surface area contributed by atoms with Crippen LogP contribution in [0.15, 0.2) is 66.0 Å². The second kappa shape index (κ2) is 7.82. The van der Waals surface area contributed by atoms with Crippen LogP contribution in [0.25, 0.3) is 10.9 Å². The number of carboxylic acids is 1. The van der Waals surface area contributed by atoms with Crippen molar-refractivity contribution in [3.05, 3.63) is 94.1 Å². The van der Waals surface area contributed by atoms with E-state index in [1.54, 1.807) is 36.7 Å². The molecule has 29 heavy (non-hydrogen) atoms. The molecule has 7 nitrogen and oxygen atoms in total. The Kier molecular flexibility index (Phi) is 4.91. The van der Waals surface area contributed by atoms with Gasteiger partial charge in [-0.05, 0) is 35.9 Å². The summed E-state index contributed by atoms with van der Waals surface area (Å²) in [6.45, 7) is 0.302. The summed E-state index contributed by atoms with van der Waals surface area (Å²) in [5.41, 5.74) is 2.17. The highest BCUT2D eigenvalue weighted by Crippen LogP contribution is 2.11. The lowest BCUT2D eigenvalue weighted by Crippen LogP contribution is -2.21. The van der Waals surface area contributed by atoms with Gasteiger partial charge in [-0.3, -0.25) is 9.36 Å². The quantitative estimate of drug-likeness (QED) is 0.527. The van der Waals surface area contributed by atoms with Gasteiger partial charge in [0.25, 0.3) is 5.56 Å². The number of carbonyl (C=O) groups is 1. The highest BCUT2D eigenvalue weighted by Gasteiger charge is 2.07. The maximum atomic E-state index is 12.9. The Bertz CT molecular complexity index is 1290. The van der Waals surface area contributed by atoms with Crippen molar-refractivity contribution >= 4 is 16.9 Å². The van der Waals surface area contributed by atoms with E-state index in [2.05, 4.69) is 26.8 Å². The van der Waals surface area contributed by atoms with Crippen LogP contribution < -0.4 is 5.56 Å². The summed E-state index contributed by atoms with van der Waals surface area (Å²) in [6.07, 6.45) is 5.42. The van der Waals surface area contributed by atoms with Gasteiger partial charge in [0, 0.05) is 18.0 Å². The fourth-order valence-corrected chi connectivity index (χ4v) is 2.92. The Balaban J connectivity index is 1.61. The molecule has 0 amide bonds. The molecule has 0 aliphatic rings. The molecule has 2 aromatic carbocycles. The molecule has 0 radical (unpaired) electrons. The van der Waals surface area contributed by atoms with E-state index in [1.165, 1.54) is 23.0 Å². The number of fused-ring (bicyclic) bond motifs is 1. The number of H-pyrrole nitrogens is 1. The number of hydrogen-bond acceptors (Lipinski definition) is 4. The topological polar surface area (TPSA) is 101 Å². The maximum Gasteiger partial charge on any atom is 0.335 e. The first-order valence-electron chi connectivity index (χ1n) is 8.89. The number of imidazole rings is 1. The normalized spacial score (nSPS) is 10.5. The highest BCUT2D eigenvalue weighted by atomic mass is 16.4. The Morgan fingerprint density at radius 3 is 2.69 bits per heavy atom. The van der Waals surface area contributed by atoms with Gasteiger partial charge in [-0.15, -0.1) is 0 Å². The zero-order valence-corrected chi connectivity index (χ0v) is 15.3. The van der Waals surface area contributed by atoms with Gasteiger partial charge in [0.2, 0.25) is 0 Å². The first kappa shape index (κ1) is 18.2. The Labute approximate surface area is 165 Å². The SMILES string of the molecule is O=C(O)c1ccc(Cn2cnc3ccc(C#CCc4ncc[nH]4)cc3c2=O)cc1.